The molecule has 0 bridgehead atoms. The second kappa shape index (κ2) is 43.9. The van der Waals surface area contributed by atoms with E-state index < -0.39 is 32.5 Å². The van der Waals surface area contributed by atoms with Crippen LogP contribution in [-0.2, 0) is 32.7 Å². The summed E-state index contributed by atoms with van der Waals surface area (Å²) < 4.78 is 34.0. The fraction of sp³-hybridized carbons (Fsp3) is 0.769. The third kappa shape index (κ3) is 47.2. The highest BCUT2D eigenvalue weighted by Gasteiger charge is 2.21. The molecule has 0 heterocycles. The van der Waals surface area contributed by atoms with E-state index in [9.17, 15) is 19.0 Å². The molecular weight excluding hydrogens is 798 g/mol. The molecule has 0 aromatic heterocycles. The highest BCUT2D eigenvalue weighted by atomic mass is 31.2. The third-order valence-electron chi connectivity index (χ3n) is 10.5. The lowest BCUT2D eigenvalue weighted by molar-refractivity contribution is -0.870. The van der Waals surface area contributed by atoms with Gasteiger partial charge in [0.2, 0.25) is 0 Å². The zero-order chi connectivity index (χ0) is 45.7. The van der Waals surface area contributed by atoms with Crippen molar-refractivity contribution in [3.8, 4) is 0 Å². The van der Waals surface area contributed by atoms with Crippen molar-refractivity contribution < 1.29 is 42.1 Å². The lowest BCUT2D eigenvalue weighted by atomic mass is 10.1. The fourth-order valence-corrected chi connectivity index (χ4v) is 7.37. The van der Waals surface area contributed by atoms with Crippen LogP contribution in [0.2, 0.25) is 0 Å². The highest BCUT2D eigenvalue weighted by Crippen LogP contribution is 2.38. The number of hydrogen-bond acceptors (Lipinski definition) is 8. The van der Waals surface area contributed by atoms with Crippen LogP contribution >= 0.6 is 7.82 Å². The number of unbranched alkanes of at least 4 members (excludes halogenated alkanes) is 21. The predicted octanol–water partition coefficient (Wildman–Crippen LogP) is 14.2. The summed E-state index contributed by atoms with van der Waals surface area (Å²) >= 11 is 0. The minimum atomic E-state index is -4.64. The Morgan fingerprint density at radius 1 is 0.516 bits per heavy atom. The first-order valence-corrected chi connectivity index (χ1v) is 26.5. The van der Waals surface area contributed by atoms with E-state index in [1.807, 2.05) is 21.1 Å². The van der Waals surface area contributed by atoms with Crippen LogP contribution in [0.3, 0.4) is 0 Å². The quantitative estimate of drug-likeness (QED) is 0.0195. The van der Waals surface area contributed by atoms with Gasteiger partial charge in [0.15, 0.2) is 6.10 Å². The molecule has 62 heavy (non-hydrogen) atoms. The molecule has 0 aromatic carbocycles. The standard InChI is InChI=1S/C52H94NO8P/c1-6-8-10-12-14-16-18-20-22-24-26-28-30-32-34-36-38-40-42-44-51(54)58-48-50(49-60-62(56,57)59-47-46-53(3,4)5)61-52(55)45-43-41-39-37-35-33-31-29-27-25-23-21-19-17-15-13-11-9-7-2/h9,11,15,17,20-23,27,29,50H,6-8,10,12-14,16,18-19,24-26,28,30-49H2,1-5H3/b11-9-,17-15-,22-20-,23-21-,29-27-. The summed E-state index contributed by atoms with van der Waals surface area (Å²) in [7, 11) is 1.15. The van der Waals surface area contributed by atoms with Gasteiger partial charge in [-0.05, 0) is 77.0 Å². The Labute approximate surface area is 381 Å². The van der Waals surface area contributed by atoms with Crippen LogP contribution in [-0.4, -0.2) is 70.0 Å². The highest BCUT2D eigenvalue weighted by molar-refractivity contribution is 7.45. The van der Waals surface area contributed by atoms with Crippen molar-refractivity contribution in [3.05, 3.63) is 60.8 Å². The molecule has 0 aromatic rings. The zero-order valence-electron chi connectivity index (χ0n) is 40.6. The molecule has 0 aliphatic rings. The molecule has 0 fully saturated rings. The lowest BCUT2D eigenvalue weighted by Crippen LogP contribution is -2.37. The normalized spacial score (nSPS) is 14.0. The van der Waals surface area contributed by atoms with E-state index in [1.165, 1.54) is 89.9 Å². The van der Waals surface area contributed by atoms with Crippen molar-refractivity contribution in [1.82, 2.24) is 0 Å². The molecular formula is C52H94NO8P. The second-order valence-electron chi connectivity index (χ2n) is 17.8. The van der Waals surface area contributed by atoms with Crippen LogP contribution in [0, 0.1) is 0 Å². The number of likely N-dealkylation sites (N-methyl/N-ethyl adjacent to an activating group) is 1. The number of phosphoric ester groups is 1. The summed E-state index contributed by atoms with van der Waals surface area (Å²) in [6.45, 7) is 4.10. The molecule has 10 heteroatoms. The summed E-state index contributed by atoms with van der Waals surface area (Å²) in [4.78, 5) is 37.7. The number of ether oxygens (including phenoxy) is 2. The van der Waals surface area contributed by atoms with Crippen molar-refractivity contribution in [3.63, 3.8) is 0 Å². The smallest absolute Gasteiger partial charge is 0.306 e. The average molecular weight is 892 g/mol. The topological polar surface area (TPSA) is 111 Å². The van der Waals surface area contributed by atoms with Crippen molar-refractivity contribution in [2.24, 2.45) is 0 Å². The van der Waals surface area contributed by atoms with E-state index in [2.05, 4.69) is 74.6 Å². The van der Waals surface area contributed by atoms with Gasteiger partial charge >= 0.3 is 11.9 Å². The molecule has 0 spiro atoms. The summed E-state index contributed by atoms with van der Waals surface area (Å²) in [5, 5.41) is 0. The molecule has 0 aliphatic carbocycles. The molecule has 2 atom stereocenters. The van der Waals surface area contributed by atoms with Gasteiger partial charge in [-0.3, -0.25) is 14.2 Å². The van der Waals surface area contributed by atoms with Gasteiger partial charge in [-0.25, -0.2) is 0 Å². The van der Waals surface area contributed by atoms with Gasteiger partial charge in [0.1, 0.15) is 19.8 Å². The maximum atomic E-state index is 12.7. The Balaban J connectivity index is 4.30. The molecule has 0 saturated carbocycles. The molecule has 0 radical (unpaired) electrons. The first-order chi connectivity index (χ1) is 30.0. The number of carbonyl (C=O) groups excluding carboxylic acids is 2. The van der Waals surface area contributed by atoms with E-state index in [0.717, 1.165) is 83.5 Å². The molecule has 0 rings (SSSR count). The summed E-state index contributed by atoms with van der Waals surface area (Å²) in [6.07, 6.45) is 53.9. The van der Waals surface area contributed by atoms with Gasteiger partial charge in [0.05, 0.1) is 27.7 Å². The van der Waals surface area contributed by atoms with Crippen LogP contribution in [0.5, 0.6) is 0 Å². The van der Waals surface area contributed by atoms with Crippen LogP contribution in [0.1, 0.15) is 206 Å². The molecule has 9 nitrogen and oxygen atoms in total. The molecule has 2 unspecified atom stereocenters. The monoisotopic (exact) mass is 892 g/mol. The molecule has 0 aliphatic heterocycles. The largest absolute Gasteiger partial charge is 0.756 e. The van der Waals surface area contributed by atoms with Crippen molar-refractivity contribution in [2.75, 3.05) is 47.5 Å². The maximum Gasteiger partial charge on any atom is 0.306 e. The number of esters is 2. The number of rotatable bonds is 45. The minimum absolute atomic E-state index is 0.0363. The Morgan fingerprint density at radius 3 is 1.39 bits per heavy atom. The number of phosphoric acid groups is 1. The number of nitrogens with zero attached hydrogens (tertiary/aromatic N) is 1. The third-order valence-corrected chi connectivity index (χ3v) is 11.5. The van der Waals surface area contributed by atoms with E-state index >= 15 is 0 Å². The van der Waals surface area contributed by atoms with Crippen LogP contribution in [0.25, 0.3) is 0 Å². The van der Waals surface area contributed by atoms with E-state index in [-0.39, 0.29) is 26.1 Å². The van der Waals surface area contributed by atoms with E-state index in [4.69, 9.17) is 18.5 Å². The SMILES string of the molecule is CC/C=C\C/C=C\C/C=C\C/C=C\CCCCCCCCC(=O)OC(COC(=O)CCCCCCCCCCC/C=C\CCCCCCCC)COP(=O)([O-])OCC[N+](C)(C)C. The van der Waals surface area contributed by atoms with Crippen molar-refractivity contribution in [2.45, 2.75) is 213 Å². The van der Waals surface area contributed by atoms with Crippen LogP contribution in [0.4, 0.5) is 0 Å². The Bertz CT molecular complexity index is 1240. The Hall–Kier alpha value is -2.29. The Kier molecular flexibility index (Phi) is 42.3. The number of hydrogen-bond donors (Lipinski definition) is 0. The molecule has 360 valence electrons. The first-order valence-electron chi connectivity index (χ1n) is 25.0. The average Bonchev–Trinajstić information content (AvgIpc) is 3.23. The first kappa shape index (κ1) is 59.7. The molecule has 0 N–H and O–H groups in total. The summed E-state index contributed by atoms with van der Waals surface area (Å²) in [6, 6.07) is 0. The van der Waals surface area contributed by atoms with E-state index in [0.29, 0.717) is 17.4 Å². The van der Waals surface area contributed by atoms with E-state index in [1.54, 1.807) is 0 Å². The zero-order valence-corrected chi connectivity index (χ0v) is 41.4. The maximum absolute atomic E-state index is 12.7. The number of quaternary nitrogens is 1. The van der Waals surface area contributed by atoms with Crippen molar-refractivity contribution in [1.29, 1.82) is 0 Å². The Morgan fingerprint density at radius 2 is 0.919 bits per heavy atom. The second-order valence-corrected chi connectivity index (χ2v) is 19.2. The van der Waals surface area contributed by atoms with Gasteiger partial charge in [-0.2, -0.15) is 0 Å². The van der Waals surface area contributed by atoms with Crippen molar-refractivity contribution >= 4 is 19.8 Å². The predicted molar refractivity (Wildman–Crippen MR) is 259 cm³/mol. The van der Waals surface area contributed by atoms with Gasteiger partial charge in [-0.15, -0.1) is 0 Å². The van der Waals surface area contributed by atoms with Crippen LogP contribution in [0.15, 0.2) is 60.8 Å². The van der Waals surface area contributed by atoms with Gasteiger partial charge in [-0.1, -0.05) is 177 Å². The number of carbonyl (C=O) groups is 2. The van der Waals surface area contributed by atoms with Gasteiger partial charge in [0.25, 0.3) is 7.82 Å². The summed E-state index contributed by atoms with van der Waals surface area (Å²) in [5.41, 5.74) is 0. The summed E-state index contributed by atoms with van der Waals surface area (Å²) in [5.74, 6) is -0.852. The molecule has 0 saturated heterocycles. The van der Waals surface area contributed by atoms with Gasteiger partial charge < -0.3 is 27.9 Å². The lowest BCUT2D eigenvalue weighted by Gasteiger charge is -2.28. The number of allylic oxidation sites excluding steroid dienone is 10. The van der Waals surface area contributed by atoms with Gasteiger partial charge in [0, 0.05) is 12.8 Å². The molecule has 0 amide bonds. The minimum Gasteiger partial charge on any atom is -0.756 e. The van der Waals surface area contributed by atoms with Crippen LogP contribution < -0.4 is 4.89 Å². The fourth-order valence-electron chi connectivity index (χ4n) is 6.64.